The van der Waals surface area contributed by atoms with Gasteiger partial charge in [0.05, 0.1) is 6.61 Å². The van der Waals surface area contributed by atoms with Crippen LogP contribution in [0.25, 0.3) is 0 Å². The van der Waals surface area contributed by atoms with Crippen molar-refractivity contribution >= 4 is 15.9 Å². The van der Waals surface area contributed by atoms with Crippen LogP contribution < -0.4 is 10.5 Å². The molecule has 2 nitrogen and oxygen atoms in total. The predicted octanol–water partition coefficient (Wildman–Crippen LogP) is 3.83. The number of rotatable bonds is 2. The molecule has 0 amide bonds. The fourth-order valence-electron chi connectivity index (χ4n) is 3.45. The third-order valence-corrected chi connectivity index (χ3v) is 4.98. The normalized spacial score (nSPS) is 26.6. The monoisotopic (exact) mass is 323 g/mol. The smallest absolute Gasteiger partial charge is 0.125 e. The molecule has 0 bridgehead atoms. The highest BCUT2D eigenvalue weighted by Crippen LogP contribution is 2.36. The Morgan fingerprint density at radius 3 is 2.95 bits per heavy atom. The first-order valence-electron chi connectivity index (χ1n) is 7.44. The van der Waals surface area contributed by atoms with Gasteiger partial charge in [-0.15, -0.1) is 0 Å². The Labute approximate surface area is 123 Å². The quantitative estimate of drug-likeness (QED) is 0.839. The van der Waals surface area contributed by atoms with Crippen LogP contribution in [-0.4, -0.2) is 12.6 Å². The standard InChI is InChI=1S/C16H22BrNO/c17-14-9-12-6-7-19-16(12)13(10-14)8-11-4-2-1-3-5-15(11)18/h9-11,15H,1-8,18H2. The first-order valence-corrected chi connectivity index (χ1v) is 8.23. The van der Waals surface area contributed by atoms with E-state index >= 15 is 0 Å². The Morgan fingerprint density at radius 1 is 1.21 bits per heavy atom. The molecule has 1 saturated carbocycles. The van der Waals surface area contributed by atoms with Crippen LogP contribution in [0.15, 0.2) is 16.6 Å². The summed E-state index contributed by atoms with van der Waals surface area (Å²) in [7, 11) is 0. The van der Waals surface area contributed by atoms with Crippen LogP contribution in [0.5, 0.6) is 5.75 Å². The molecule has 1 heterocycles. The second-order valence-electron chi connectivity index (χ2n) is 5.92. The number of hydrogen-bond acceptors (Lipinski definition) is 2. The van der Waals surface area contributed by atoms with E-state index in [2.05, 4.69) is 28.1 Å². The first kappa shape index (κ1) is 13.4. The fraction of sp³-hybridized carbons (Fsp3) is 0.625. The highest BCUT2D eigenvalue weighted by Gasteiger charge is 2.24. The lowest BCUT2D eigenvalue weighted by molar-refractivity contribution is 0.344. The molecule has 0 aromatic heterocycles. The van der Waals surface area contributed by atoms with E-state index in [0.29, 0.717) is 12.0 Å². The summed E-state index contributed by atoms with van der Waals surface area (Å²) in [6, 6.07) is 4.78. The number of nitrogens with two attached hydrogens (primary N) is 1. The van der Waals surface area contributed by atoms with Gasteiger partial charge in [-0.05, 0) is 48.4 Å². The van der Waals surface area contributed by atoms with Crippen molar-refractivity contribution in [2.45, 2.75) is 51.0 Å². The van der Waals surface area contributed by atoms with Crippen LogP contribution in [0.3, 0.4) is 0 Å². The summed E-state index contributed by atoms with van der Waals surface area (Å²) in [6.45, 7) is 0.829. The van der Waals surface area contributed by atoms with Crippen molar-refractivity contribution in [2.75, 3.05) is 6.61 Å². The van der Waals surface area contributed by atoms with Crippen molar-refractivity contribution in [2.24, 2.45) is 11.7 Å². The van der Waals surface area contributed by atoms with Gasteiger partial charge in [0, 0.05) is 16.9 Å². The second-order valence-corrected chi connectivity index (χ2v) is 6.83. The Kier molecular flexibility index (Phi) is 4.13. The summed E-state index contributed by atoms with van der Waals surface area (Å²) in [5.74, 6) is 1.75. The van der Waals surface area contributed by atoms with Gasteiger partial charge in [0.15, 0.2) is 0 Å². The van der Waals surface area contributed by atoms with Crippen LogP contribution >= 0.6 is 15.9 Å². The molecule has 1 aromatic carbocycles. The molecule has 2 unspecified atom stereocenters. The maximum Gasteiger partial charge on any atom is 0.125 e. The van der Waals surface area contributed by atoms with E-state index < -0.39 is 0 Å². The van der Waals surface area contributed by atoms with Gasteiger partial charge in [-0.1, -0.05) is 35.2 Å². The minimum absolute atomic E-state index is 0.360. The van der Waals surface area contributed by atoms with Crippen molar-refractivity contribution in [1.29, 1.82) is 0 Å². The van der Waals surface area contributed by atoms with E-state index in [9.17, 15) is 0 Å². The van der Waals surface area contributed by atoms with Gasteiger partial charge < -0.3 is 10.5 Å². The minimum Gasteiger partial charge on any atom is -0.493 e. The summed E-state index contributed by atoms with van der Waals surface area (Å²) < 4.78 is 7.01. The lowest BCUT2D eigenvalue weighted by Crippen LogP contribution is -2.30. The second kappa shape index (κ2) is 5.84. The summed E-state index contributed by atoms with van der Waals surface area (Å²) in [6.07, 6.45) is 8.53. The van der Waals surface area contributed by atoms with Crippen LogP contribution in [0.1, 0.15) is 43.2 Å². The summed E-state index contributed by atoms with van der Waals surface area (Å²) in [5, 5.41) is 0. The maximum atomic E-state index is 6.36. The van der Waals surface area contributed by atoms with Crippen LogP contribution in [-0.2, 0) is 12.8 Å². The first-order chi connectivity index (χ1) is 9.24. The molecule has 3 heteroatoms. The average molecular weight is 324 g/mol. The zero-order chi connectivity index (χ0) is 13.2. The molecular weight excluding hydrogens is 302 g/mol. The number of fused-ring (bicyclic) bond motifs is 1. The van der Waals surface area contributed by atoms with E-state index in [4.69, 9.17) is 10.5 Å². The van der Waals surface area contributed by atoms with Crippen molar-refractivity contribution in [3.8, 4) is 5.75 Å². The predicted molar refractivity (Wildman–Crippen MR) is 81.6 cm³/mol. The molecule has 1 aliphatic carbocycles. The van der Waals surface area contributed by atoms with Crippen molar-refractivity contribution < 1.29 is 4.74 Å². The van der Waals surface area contributed by atoms with Gasteiger partial charge in [0.25, 0.3) is 0 Å². The Morgan fingerprint density at radius 2 is 2.05 bits per heavy atom. The Bertz CT molecular complexity index is 460. The van der Waals surface area contributed by atoms with Gasteiger partial charge in [-0.2, -0.15) is 0 Å². The molecular formula is C16H22BrNO. The number of ether oxygens (including phenoxy) is 1. The Hall–Kier alpha value is -0.540. The van der Waals surface area contributed by atoms with E-state index in [1.807, 2.05) is 0 Å². The molecule has 0 radical (unpaired) electrons. The van der Waals surface area contributed by atoms with Crippen molar-refractivity contribution in [3.63, 3.8) is 0 Å². The minimum atomic E-state index is 0.360. The zero-order valence-corrected chi connectivity index (χ0v) is 12.9. The molecule has 1 aliphatic heterocycles. The van der Waals surface area contributed by atoms with E-state index in [1.165, 1.54) is 47.7 Å². The molecule has 104 valence electrons. The fourth-order valence-corrected chi connectivity index (χ4v) is 4.00. The molecule has 1 fully saturated rings. The zero-order valence-electron chi connectivity index (χ0n) is 11.3. The highest BCUT2D eigenvalue weighted by molar-refractivity contribution is 9.10. The highest BCUT2D eigenvalue weighted by atomic mass is 79.9. The number of halogens is 1. The largest absolute Gasteiger partial charge is 0.493 e. The topological polar surface area (TPSA) is 35.2 Å². The summed E-state index contributed by atoms with van der Waals surface area (Å²) in [5.41, 5.74) is 9.06. The lowest BCUT2D eigenvalue weighted by Gasteiger charge is -2.22. The number of hydrogen-bond donors (Lipinski definition) is 1. The van der Waals surface area contributed by atoms with Crippen LogP contribution in [0.4, 0.5) is 0 Å². The molecule has 19 heavy (non-hydrogen) atoms. The van der Waals surface area contributed by atoms with Gasteiger partial charge in [-0.3, -0.25) is 0 Å². The SMILES string of the molecule is NC1CCCCCC1Cc1cc(Br)cc2c1OCC2. The van der Waals surface area contributed by atoms with Crippen LogP contribution in [0, 0.1) is 5.92 Å². The Balaban J connectivity index is 1.82. The molecule has 0 spiro atoms. The van der Waals surface area contributed by atoms with Gasteiger partial charge >= 0.3 is 0 Å². The molecule has 2 N–H and O–H groups in total. The van der Waals surface area contributed by atoms with E-state index in [1.54, 1.807) is 0 Å². The van der Waals surface area contributed by atoms with Crippen LogP contribution in [0.2, 0.25) is 0 Å². The summed E-state index contributed by atoms with van der Waals surface area (Å²) >= 11 is 3.62. The number of benzene rings is 1. The third kappa shape index (κ3) is 2.97. The van der Waals surface area contributed by atoms with E-state index in [-0.39, 0.29) is 0 Å². The molecule has 0 saturated heterocycles. The van der Waals surface area contributed by atoms with Gasteiger partial charge in [0.2, 0.25) is 0 Å². The third-order valence-electron chi connectivity index (χ3n) is 4.53. The maximum absolute atomic E-state index is 6.36. The molecule has 2 aliphatic rings. The van der Waals surface area contributed by atoms with Gasteiger partial charge in [-0.25, -0.2) is 0 Å². The van der Waals surface area contributed by atoms with Gasteiger partial charge in [0.1, 0.15) is 5.75 Å². The van der Waals surface area contributed by atoms with E-state index in [0.717, 1.165) is 25.2 Å². The molecule has 1 aromatic rings. The van der Waals surface area contributed by atoms with Crippen molar-refractivity contribution in [3.05, 3.63) is 27.7 Å². The average Bonchev–Trinajstić information content (AvgIpc) is 2.75. The van der Waals surface area contributed by atoms with Crippen molar-refractivity contribution in [1.82, 2.24) is 0 Å². The molecule has 3 rings (SSSR count). The lowest BCUT2D eigenvalue weighted by atomic mass is 9.88. The molecule has 2 atom stereocenters. The summed E-state index contributed by atoms with van der Waals surface area (Å²) in [4.78, 5) is 0.